The molecule has 0 saturated carbocycles. The smallest absolute Gasteiger partial charge is 0.417 e. The summed E-state index contributed by atoms with van der Waals surface area (Å²) in [6.07, 6.45) is 1.18. The van der Waals surface area contributed by atoms with Gasteiger partial charge < -0.3 is 25.0 Å². The summed E-state index contributed by atoms with van der Waals surface area (Å²) in [7, 11) is 0. The topological polar surface area (TPSA) is 113 Å². The van der Waals surface area contributed by atoms with E-state index in [4.69, 9.17) is 9.47 Å². The first kappa shape index (κ1) is 27.9. The zero-order chi connectivity index (χ0) is 30.0. The molecule has 10 nitrogen and oxygen atoms in total. The van der Waals surface area contributed by atoms with Crippen LogP contribution in [-0.4, -0.2) is 60.7 Å². The van der Waals surface area contributed by atoms with Crippen LogP contribution in [0, 0.1) is 0 Å². The maximum absolute atomic E-state index is 13.1. The number of fused-ring (bicyclic) bond motifs is 2. The Kier molecular flexibility index (Phi) is 7.63. The van der Waals surface area contributed by atoms with Crippen molar-refractivity contribution in [2.45, 2.75) is 22.3 Å². The Hall–Kier alpha value is -4.87. The highest BCUT2D eigenvalue weighted by atomic mass is 32.2. The van der Waals surface area contributed by atoms with E-state index in [-0.39, 0.29) is 24.8 Å². The van der Waals surface area contributed by atoms with Crippen LogP contribution in [0.4, 0.5) is 27.7 Å². The number of carbonyl (C=O) groups excluding carboxylic acids is 3. The Balaban J connectivity index is 0.999. The highest BCUT2D eigenvalue weighted by molar-refractivity contribution is 8.00. The van der Waals surface area contributed by atoms with E-state index in [0.717, 1.165) is 45.6 Å². The molecule has 7 rings (SSSR count). The number of anilines is 4. The second-order valence-corrected chi connectivity index (χ2v) is 11.7. The number of amides is 3. The van der Waals surface area contributed by atoms with Gasteiger partial charge in [0.1, 0.15) is 18.5 Å². The maximum Gasteiger partial charge on any atom is 0.417 e. The van der Waals surface area contributed by atoms with Crippen LogP contribution in [0.15, 0.2) is 94.9 Å². The lowest BCUT2D eigenvalue weighted by atomic mass is 10.0. The van der Waals surface area contributed by atoms with E-state index < -0.39 is 12.1 Å². The van der Waals surface area contributed by atoms with E-state index in [9.17, 15) is 14.4 Å². The van der Waals surface area contributed by atoms with E-state index >= 15 is 0 Å². The minimum Gasteiger partial charge on any atom is -0.446 e. The van der Waals surface area contributed by atoms with Crippen molar-refractivity contribution in [1.29, 1.82) is 0 Å². The van der Waals surface area contributed by atoms with Crippen molar-refractivity contribution in [2.75, 3.05) is 48.4 Å². The molecular formula is C33H29N5O5S. The summed E-state index contributed by atoms with van der Waals surface area (Å²) < 4.78 is 10.7. The lowest BCUT2D eigenvalue weighted by Gasteiger charge is -2.32. The van der Waals surface area contributed by atoms with E-state index in [1.165, 1.54) is 4.90 Å². The molecule has 2 saturated heterocycles. The molecule has 1 aromatic heterocycles. The van der Waals surface area contributed by atoms with Crippen LogP contribution in [0.5, 0.6) is 0 Å². The number of benzene rings is 3. The minimum absolute atomic E-state index is 0.0112. The molecule has 11 heteroatoms. The summed E-state index contributed by atoms with van der Waals surface area (Å²) in [5.74, 6) is 0.162. The molecule has 44 heavy (non-hydrogen) atoms. The zero-order valence-electron chi connectivity index (χ0n) is 23.7. The third kappa shape index (κ3) is 5.59. The van der Waals surface area contributed by atoms with Gasteiger partial charge in [0.2, 0.25) is 5.91 Å². The van der Waals surface area contributed by atoms with E-state index in [2.05, 4.69) is 20.5 Å². The Bertz CT molecular complexity index is 1730. The van der Waals surface area contributed by atoms with Crippen molar-refractivity contribution in [1.82, 2.24) is 9.88 Å². The van der Waals surface area contributed by atoms with Crippen LogP contribution in [0.3, 0.4) is 0 Å². The van der Waals surface area contributed by atoms with Gasteiger partial charge in [-0.15, -0.1) is 0 Å². The third-order valence-corrected chi connectivity index (χ3v) is 9.02. The summed E-state index contributed by atoms with van der Waals surface area (Å²) in [5, 5.41) is 6.39. The van der Waals surface area contributed by atoms with Gasteiger partial charge in [-0.05, 0) is 47.5 Å². The van der Waals surface area contributed by atoms with Crippen molar-refractivity contribution in [3.63, 3.8) is 0 Å². The molecule has 3 aliphatic heterocycles. The number of imide groups is 1. The lowest BCUT2D eigenvalue weighted by Crippen LogP contribution is -2.36. The highest BCUT2D eigenvalue weighted by Crippen LogP contribution is 2.48. The molecule has 1 atom stereocenters. The molecule has 0 bridgehead atoms. The van der Waals surface area contributed by atoms with Crippen LogP contribution < -0.4 is 15.5 Å². The highest BCUT2D eigenvalue weighted by Gasteiger charge is 2.38. The molecule has 1 unspecified atom stereocenters. The standard InChI is InChI=1S/C33H29N5O5S/c39-29(38-27(20-43-33(38)41)22-4-2-1-3-5-22)18-21-6-8-23(9-7-21)32(40)35-24-10-11-28-25(19-24)36-31-30(44-28)26(12-13-34-31)37-14-16-42-17-15-37/h1-13,19,27H,14-18,20H2,(H,34,36)(H,35,40). The molecule has 3 aliphatic rings. The lowest BCUT2D eigenvalue weighted by molar-refractivity contribution is -0.128. The molecule has 2 fully saturated rings. The Labute approximate surface area is 258 Å². The van der Waals surface area contributed by atoms with Gasteiger partial charge in [-0.3, -0.25) is 9.59 Å². The van der Waals surface area contributed by atoms with Crippen molar-refractivity contribution in [3.05, 3.63) is 102 Å². The number of nitrogens with one attached hydrogen (secondary N) is 2. The number of morpholine rings is 1. The fourth-order valence-corrected chi connectivity index (χ4v) is 6.65. The van der Waals surface area contributed by atoms with Crippen molar-refractivity contribution in [3.8, 4) is 0 Å². The molecule has 3 amide bonds. The Morgan fingerprint density at radius 2 is 1.80 bits per heavy atom. The summed E-state index contributed by atoms with van der Waals surface area (Å²) in [5.41, 5.74) is 4.64. The third-order valence-electron chi connectivity index (χ3n) is 7.84. The first-order valence-electron chi connectivity index (χ1n) is 14.4. The van der Waals surface area contributed by atoms with E-state index in [1.54, 1.807) is 36.0 Å². The van der Waals surface area contributed by atoms with Crippen LogP contribution in [0.25, 0.3) is 0 Å². The van der Waals surface area contributed by atoms with Gasteiger partial charge in [0, 0.05) is 35.4 Å². The Morgan fingerprint density at radius 3 is 2.59 bits per heavy atom. The maximum atomic E-state index is 13.1. The molecule has 0 spiro atoms. The van der Waals surface area contributed by atoms with Crippen LogP contribution >= 0.6 is 11.8 Å². The van der Waals surface area contributed by atoms with Gasteiger partial charge in [-0.25, -0.2) is 14.7 Å². The second-order valence-electron chi connectivity index (χ2n) is 10.6. The van der Waals surface area contributed by atoms with Crippen molar-refractivity contribution in [2.24, 2.45) is 0 Å². The molecule has 0 aliphatic carbocycles. The van der Waals surface area contributed by atoms with Crippen molar-refractivity contribution < 1.29 is 23.9 Å². The summed E-state index contributed by atoms with van der Waals surface area (Å²) in [6, 6.07) is 23.5. The van der Waals surface area contributed by atoms with Gasteiger partial charge in [0.15, 0.2) is 0 Å². The van der Waals surface area contributed by atoms with Gasteiger partial charge in [-0.2, -0.15) is 0 Å². The number of aromatic nitrogens is 1. The number of nitrogens with zero attached hydrogens (tertiary/aromatic N) is 3. The number of hydrogen-bond donors (Lipinski definition) is 2. The number of ether oxygens (including phenoxy) is 2. The number of pyridine rings is 1. The number of cyclic esters (lactones) is 1. The summed E-state index contributed by atoms with van der Waals surface area (Å²) in [6.45, 7) is 3.23. The van der Waals surface area contributed by atoms with Gasteiger partial charge in [-0.1, -0.05) is 54.2 Å². The minimum atomic E-state index is -0.644. The second kappa shape index (κ2) is 12.0. The molecule has 4 heterocycles. The van der Waals surface area contributed by atoms with E-state index in [0.29, 0.717) is 30.0 Å². The normalized spacial score (nSPS) is 17.3. The fraction of sp³-hybridized carbons (Fsp3) is 0.212. The average Bonchev–Trinajstić information content (AvgIpc) is 3.46. The molecule has 4 aromatic rings. The predicted molar refractivity (Wildman–Crippen MR) is 167 cm³/mol. The van der Waals surface area contributed by atoms with Crippen LogP contribution in [0.1, 0.15) is 27.5 Å². The molecular weight excluding hydrogens is 578 g/mol. The monoisotopic (exact) mass is 607 g/mol. The number of carbonyl (C=O) groups is 3. The predicted octanol–water partition coefficient (Wildman–Crippen LogP) is 5.64. The molecule has 0 radical (unpaired) electrons. The van der Waals surface area contributed by atoms with E-state index in [1.807, 2.05) is 60.8 Å². The zero-order valence-corrected chi connectivity index (χ0v) is 24.5. The van der Waals surface area contributed by atoms with Crippen molar-refractivity contribution >= 4 is 52.5 Å². The molecule has 222 valence electrons. The van der Waals surface area contributed by atoms with Crippen LogP contribution in [-0.2, 0) is 20.7 Å². The van der Waals surface area contributed by atoms with Gasteiger partial charge in [0.25, 0.3) is 5.91 Å². The SMILES string of the molecule is O=C(Nc1ccc2c(c1)Nc1nccc(N3CCOCC3)c1S2)c1ccc(CC(=O)N2C(=O)OCC2c2ccccc2)cc1. The largest absolute Gasteiger partial charge is 0.446 e. The Morgan fingerprint density at radius 1 is 1.00 bits per heavy atom. The number of rotatable bonds is 6. The van der Waals surface area contributed by atoms with Gasteiger partial charge in [0.05, 0.1) is 35.9 Å². The molecule has 3 aromatic carbocycles. The van der Waals surface area contributed by atoms with Crippen LogP contribution in [0.2, 0.25) is 0 Å². The average molecular weight is 608 g/mol. The first-order valence-corrected chi connectivity index (χ1v) is 15.2. The fourth-order valence-electron chi connectivity index (χ4n) is 5.57. The quantitative estimate of drug-likeness (QED) is 0.253. The summed E-state index contributed by atoms with van der Waals surface area (Å²) in [4.78, 5) is 48.7. The van der Waals surface area contributed by atoms with Gasteiger partial charge >= 0.3 is 6.09 Å². The number of hydrogen-bond acceptors (Lipinski definition) is 9. The summed E-state index contributed by atoms with van der Waals surface area (Å²) >= 11 is 1.66. The molecule has 2 N–H and O–H groups in total. The first-order chi connectivity index (χ1) is 21.5.